The Morgan fingerprint density at radius 1 is 0.804 bits per heavy atom. The first-order chi connectivity index (χ1) is 22.0. The second kappa shape index (κ2) is 15.6. The summed E-state index contributed by atoms with van der Waals surface area (Å²) in [5.41, 5.74) is 3.83. The van der Waals surface area contributed by atoms with Crippen molar-refractivity contribution in [2.75, 3.05) is 24.5 Å². The predicted octanol–water partition coefficient (Wildman–Crippen LogP) is 5.92. The molecule has 0 aliphatic heterocycles. The summed E-state index contributed by atoms with van der Waals surface area (Å²) in [5.74, 6) is -0.0191. The van der Waals surface area contributed by atoms with Gasteiger partial charge in [0.25, 0.3) is 10.0 Å². The summed E-state index contributed by atoms with van der Waals surface area (Å²) in [6.07, 6.45) is 0.246. The minimum absolute atomic E-state index is 0.0644. The molecule has 0 unspecified atom stereocenters. The molecular formula is C37H43N3O5S. The highest BCUT2D eigenvalue weighted by Gasteiger charge is 2.34. The zero-order valence-electron chi connectivity index (χ0n) is 27.1. The van der Waals surface area contributed by atoms with Crippen LogP contribution in [0.25, 0.3) is 0 Å². The molecule has 0 bridgehead atoms. The van der Waals surface area contributed by atoms with E-state index >= 15 is 0 Å². The number of benzene rings is 4. The number of amides is 2. The molecular weight excluding hydrogens is 598 g/mol. The van der Waals surface area contributed by atoms with Crippen LogP contribution < -0.4 is 14.4 Å². The molecule has 0 aromatic heterocycles. The topological polar surface area (TPSA) is 96.0 Å². The van der Waals surface area contributed by atoms with Gasteiger partial charge in [0.2, 0.25) is 11.8 Å². The molecule has 4 aromatic rings. The number of sulfonamides is 1. The highest BCUT2D eigenvalue weighted by Crippen LogP contribution is 2.26. The number of carbonyl (C=O) groups excluding carboxylic acids is 2. The zero-order valence-corrected chi connectivity index (χ0v) is 28.0. The number of methoxy groups -OCH3 is 1. The number of ether oxygens (including phenoxy) is 1. The van der Waals surface area contributed by atoms with Crippen LogP contribution in [0.2, 0.25) is 0 Å². The van der Waals surface area contributed by atoms with Gasteiger partial charge in [-0.1, -0.05) is 91.7 Å². The van der Waals surface area contributed by atoms with Crippen LogP contribution in [0.1, 0.15) is 36.1 Å². The molecule has 46 heavy (non-hydrogen) atoms. The van der Waals surface area contributed by atoms with Crippen molar-refractivity contribution in [1.29, 1.82) is 0 Å². The van der Waals surface area contributed by atoms with Gasteiger partial charge in [0.05, 0.1) is 17.7 Å². The van der Waals surface area contributed by atoms with Gasteiger partial charge in [-0.3, -0.25) is 13.9 Å². The lowest BCUT2D eigenvalue weighted by Gasteiger charge is -2.34. The minimum atomic E-state index is -4.16. The molecule has 4 aromatic carbocycles. The first-order valence-electron chi connectivity index (χ1n) is 15.4. The maximum absolute atomic E-state index is 14.6. The molecule has 0 radical (unpaired) electrons. The summed E-state index contributed by atoms with van der Waals surface area (Å²) in [6, 6.07) is 29.4. The van der Waals surface area contributed by atoms with Crippen molar-refractivity contribution < 1.29 is 22.7 Å². The van der Waals surface area contributed by atoms with E-state index in [1.807, 2.05) is 88.4 Å². The Kier molecular flexibility index (Phi) is 11.6. The molecule has 0 spiro atoms. The third-order valence-electron chi connectivity index (χ3n) is 7.65. The molecule has 242 valence electrons. The number of aryl methyl sites for hydroxylation is 2. The van der Waals surface area contributed by atoms with E-state index in [1.165, 1.54) is 4.90 Å². The van der Waals surface area contributed by atoms with Crippen molar-refractivity contribution in [3.8, 4) is 5.75 Å². The van der Waals surface area contributed by atoms with E-state index < -0.39 is 28.5 Å². The summed E-state index contributed by atoms with van der Waals surface area (Å²) in [7, 11) is -2.59. The standard InChI is InChI=1S/C37H43N3O5S/c1-27(2)24-38-37(42)35(23-30-10-7-6-8-11-30)39(25-31-12-9-13-33(22-31)45-5)36(41)26-40(32-18-14-28(3)15-19-32)46(43,44)34-20-16-29(4)17-21-34/h6-22,27,35H,23-26H2,1-5H3,(H,38,42)/t35-/m0/s1. The molecule has 0 aliphatic carbocycles. The van der Waals surface area contributed by atoms with Gasteiger partial charge >= 0.3 is 0 Å². The van der Waals surface area contributed by atoms with Crippen molar-refractivity contribution in [1.82, 2.24) is 10.2 Å². The molecule has 1 N–H and O–H groups in total. The van der Waals surface area contributed by atoms with E-state index in [2.05, 4.69) is 5.32 Å². The van der Waals surface area contributed by atoms with Crippen molar-refractivity contribution in [3.05, 3.63) is 125 Å². The zero-order chi connectivity index (χ0) is 33.3. The van der Waals surface area contributed by atoms with Crippen molar-refractivity contribution in [2.24, 2.45) is 5.92 Å². The predicted molar refractivity (Wildman–Crippen MR) is 182 cm³/mol. The molecule has 0 aliphatic rings. The average Bonchev–Trinajstić information content (AvgIpc) is 3.05. The Hall–Kier alpha value is -4.63. The number of hydrogen-bond donors (Lipinski definition) is 1. The van der Waals surface area contributed by atoms with E-state index in [1.54, 1.807) is 49.6 Å². The fourth-order valence-corrected chi connectivity index (χ4v) is 6.44. The maximum Gasteiger partial charge on any atom is 0.264 e. The van der Waals surface area contributed by atoms with E-state index in [9.17, 15) is 18.0 Å². The third kappa shape index (κ3) is 8.97. The smallest absolute Gasteiger partial charge is 0.264 e. The maximum atomic E-state index is 14.6. The fraction of sp³-hybridized carbons (Fsp3) is 0.297. The fourth-order valence-electron chi connectivity index (χ4n) is 5.02. The van der Waals surface area contributed by atoms with Gasteiger partial charge in [0.1, 0.15) is 18.3 Å². The molecule has 1 atom stereocenters. The van der Waals surface area contributed by atoms with Gasteiger partial charge in [0, 0.05) is 19.5 Å². The number of rotatable bonds is 14. The summed E-state index contributed by atoms with van der Waals surface area (Å²) in [6.45, 7) is 7.78. The normalized spacial score (nSPS) is 12.0. The van der Waals surface area contributed by atoms with Crippen LogP contribution in [-0.4, -0.2) is 51.4 Å². The van der Waals surface area contributed by atoms with Crippen molar-refractivity contribution in [2.45, 2.75) is 51.6 Å². The van der Waals surface area contributed by atoms with E-state index in [-0.39, 0.29) is 29.7 Å². The lowest BCUT2D eigenvalue weighted by atomic mass is 10.0. The van der Waals surface area contributed by atoms with Gasteiger partial charge in [-0.25, -0.2) is 8.42 Å². The number of carbonyl (C=O) groups is 2. The minimum Gasteiger partial charge on any atom is -0.497 e. The van der Waals surface area contributed by atoms with Crippen LogP contribution in [0.15, 0.2) is 108 Å². The summed E-state index contributed by atoms with van der Waals surface area (Å²) < 4.78 is 34.9. The van der Waals surface area contributed by atoms with Crippen LogP contribution >= 0.6 is 0 Å². The second-order valence-electron chi connectivity index (χ2n) is 11.9. The van der Waals surface area contributed by atoms with Gasteiger partial charge < -0.3 is 15.0 Å². The number of nitrogens with one attached hydrogen (secondary N) is 1. The van der Waals surface area contributed by atoms with Crippen LogP contribution in [0, 0.1) is 19.8 Å². The van der Waals surface area contributed by atoms with Crippen LogP contribution in [0.5, 0.6) is 5.75 Å². The third-order valence-corrected chi connectivity index (χ3v) is 9.44. The van der Waals surface area contributed by atoms with E-state index in [0.717, 1.165) is 26.6 Å². The number of anilines is 1. The Morgan fingerprint density at radius 2 is 1.41 bits per heavy atom. The lowest BCUT2D eigenvalue weighted by molar-refractivity contribution is -0.140. The van der Waals surface area contributed by atoms with Crippen molar-refractivity contribution in [3.63, 3.8) is 0 Å². The Bertz CT molecular complexity index is 1710. The first-order valence-corrected chi connectivity index (χ1v) is 16.8. The summed E-state index contributed by atoms with van der Waals surface area (Å²) in [5, 5.41) is 3.01. The molecule has 0 heterocycles. The molecule has 0 saturated carbocycles. The molecule has 9 heteroatoms. The second-order valence-corrected chi connectivity index (χ2v) is 13.7. The highest BCUT2D eigenvalue weighted by molar-refractivity contribution is 7.92. The SMILES string of the molecule is COc1cccc(CN(C(=O)CN(c2ccc(C)cc2)S(=O)(=O)c2ccc(C)cc2)[C@@H](Cc2ccccc2)C(=O)NCC(C)C)c1. The number of hydrogen-bond acceptors (Lipinski definition) is 5. The van der Waals surface area contributed by atoms with Gasteiger partial charge in [-0.2, -0.15) is 0 Å². The van der Waals surface area contributed by atoms with Crippen molar-refractivity contribution >= 4 is 27.5 Å². The largest absolute Gasteiger partial charge is 0.497 e. The molecule has 0 saturated heterocycles. The van der Waals surface area contributed by atoms with Gasteiger partial charge in [0.15, 0.2) is 0 Å². The summed E-state index contributed by atoms with van der Waals surface area (Å²) in [4.78, 5) is 30.0. The molecule has 4 rings (SSSR count). The molecule has 8 nitrogen and oxygen atoms in total. The Labute approximate surface area is 273 Å². The van der Waals surface area contributed by atoms with E-state index in [4.69, 9.17) is 4.74 Å². The quantitative estimate of drug-likeness (QED) is 0.185. The lowest BCUT2D eigenvalue weighted by Crippen LogP contribution is -2.53. The van der Waals surface area contributed by atoms with Gasteiger partial charge in [-0.05, 0) is 67.3 Å². The molecule has 0 fully saturated rings. The van der Waals surface area contributed by atoms with Crippen LogP contribution in [0.3, 0.4) is 0 Å². The Morgan fingerprint density at radius 3 is 2.02 bits per heavy atom. The Balaban J connectivity index is 1.80. The van der Waals surface area contributed by atoms with E-state index in [0.29, 0.717) is 18.0 Å². The van der Waals surface area contributed by atoms with Crippen LogP contribution in [-0.2, 0) is 32.6 Å². The number of nitrogens with zero attached hydrogens (tertiary/aromatic N) is 2. The average molecular weight is 642 g/mol. The monoisotopic (exact) mass is 641 g/mol. The first kappa shape index (κ1) is 34.2. The summed E-state index contributed by atoms with van der Waals surface area (Å²) >= 11 is 0. The highest BCUT2D eigenvalue weighted by atomic mass is 32.2. The van der Waals surface area contributed by atoms with Gasteiger partial charge in [-0.15, -0.1) is 0 Å². The van der Waals surface area contributed by atoms with Crippen LogP contribution in [0.4, 0.5) is 5.69 Å². The molecule has 2 amide bonds.